The third kappa shape index (κ3) is 2.18. The molecule has 0 aliphatic heterocycles. The highest BCUT2D eigenvalue weighted by atomic mass is 15.2. The summed E-state index contributed by atoms with van der Waals surface area (Å²) in [4.78, 5) is 2.20. The number of fused-ring (bicyclic) bond motifs is 1. The molecule has 0 atom stereocenters. The van der Waals surface area contributed by atoms with Crippen LogP contribution >= 0.6 is 0 Å². The lowest BCUT2D eigenvalue weighted by molar-refractivity contribution is 0.414. The van der Waals surface area contributed by atoms with Crippen LogP contribution in [0.4, 0.5) is 0 Å². The number of hydrogen-bond acceptors (Lipinski definition) is 2. The number of benzene rings is 1. The highest BCUT2D eigenvalue weighted by Crippen LogP contribution is 2.17. The molecule has 15 heavy (non-hydrogen) atoms. The van der Waals surface area contributed by atoms with Gasteiger partial charge in [0.1, 0.15) is 0 Å². The Morgan fingerprint density at radius 2 is 2.13 bits per heavy atom. The number of hydrogen-bond donors (Lipinski definition) is 0. The number of rotatable bonds is 3. The summed E-state index contributed by atoms with van der Waals surface area (Å²) in [5, 5.41) is 5.68. The fourth-order valence-electron chi connectivity index (χ4n) is 1.78. The molecule has 0 N–H and O–H groups in total. The number of aryl methyl sites for hydroxylation is 1. The van der Waals surface area contributed by atoms with Crippen molar-refractivity contribution in [3.8, 4) is 0 Å². The van der Waals surface area contributed by atoms with E-state index in [1.807, 2.05) is 11.7 Å². The third-order valence-corrected chi connectivity index (χ3v) is 2.58. The summed E-state index contributed by atoms with van der Waals surface area (Å²) in [7, 11) is 6.17. The summed E-state index contributed by atoms with van der Waals surface area (Å²) in [6.07, 6.45) is 3.18. The van der Waals surface area contributed by atoms with E-state index in [0.29, 0.717) is 0 Å². The molecule has 1 aromatic heterocycles. The maximum atomic E-state index is 4.40. The van der Waals surface area contributed by atoms with Gasteiger partial charge in [0, 0.05) is 25.2 Å². The fraction of sp³-hybridized carbons (Fsp3) is 0.417. The molecule has 0 unspecified atom stereocenters. The molecule has 0 amide bonds. The minimum Gasteiger partial charge on any atom is -0.309 e. The summed E-state index contributed by atoms with van der Waals surface area (Å²) in [5.41, 5.74) is 2.48. The molecule has 0 fully saturated rings. The van der Waals surface area contributed by atoms with Gasteiger partial charge in [-0.3, -0.25) is 4.68 Å². The van der Waals surface area contributed by atoms with Gasteiger partial charge in [-0.15, -0.1) is 0 Å². The van der Waals surface area contributed by atoms with E-state index < -0.39 is 0 Å². The predicted molar refractivity (Wildman–Crippen MR) is 63.0 cm³/mol. The summed E-state index contributed by atoms with van der Waals surface area (Å²) in [6, 6.07) is 6.34. The Bertz CT molecular complexity index is 457. The Hall–Kier alpha value is -1.35. The average Bonchev–Trinajstić information content (AvgIpc) is 2.55. The van der Waals surface area contributed by atoms with Gasteiger partial charge in [-0.2, -0.15) is 5.10 Å². The molecule has 0 bridgehead atoms. The second kappa shape index (κ2) is 4.03. The van der Waals surface area contributed by atoms with Gasteiger partial charge in [-0.05, 0) is 32.1 Å². The van der Waals surface area contributed by atoms with Crippen LogP contribution in [0.15, 0.2) is 24.4 Å². The zero-order valence-corrected chi connectivity index (χ0v) is 9.57. The molecule has 0 radical (unpaired) electrons. The second-order valence-electron chi connectivity index (χ2n) is 4.21. The molecule has 2 aromatic rings. The van der Waals surface area contributed by atoms with E-state index in [4.69, 9.17) is 0 Å². The summed E-state index contributed by atoms with van der Waals surface area (Å²) in [5.74, 6) is 0. The minimum atomic E-state index is 1.08. The van der Waals surface area contributed by atoms with Crippen molar-refractivity contribution >= 4 is 10.9 Å². The van der Waals surface area contributed by atoms with Crippen LogP contribution in [0.3, 0.4) is 0 Å². The first-order chi connectivity index (χ1) is 7.16. The predicted octanol–water partition coefficient (Wildman–Crippen LogP) is 1.68. The largest absolute Gasteiger partial charge is 0.309 e. The molecule has 3 heteroatoms. The SMILES string of the molecule is CN(C)CCc1cccc2nn(C)cc12. The lowest BCUT2D eigenvalue weighted by Crippen LogP contribution is -2.15. The van der Waals surface area contributed by atoms with Gasteiger partial charge < -0.3 is 4.90 Å². The Balaban J connectivity index is 2.33. The van der Waals surface area contributed by atoms with Crippen molar-refractivity contribution < 1.29 is 0 Å². The van der Waals surface area contributed by atoms with E-state index in [-0.39, 0.29) is 0 Å². The maximum absolute atomic E-state index is 4.40. The van der Waals surface area contributed by atoms with Crippen LogP contribution in [0.1, 0.15) is 5.56 Å². The first-order valence-corrected chi connectivity index (χ1v) is 5.23. The first-order valence-electron chi connectivity index (χ1n) is 5.23. The van der Waals surface area contributed by atoms with E-state index in [1.54, 1.807) is 0 Å². The van der Waals surface area contributed by atoms with Gasteiger partial charge in [-0.25, -0.2) is 0 Å². The van der Waals surface area contributed by atoms with Crippen molar-refractivity contribution in [2.24, 2.45) is 7.05 Å². The number of aromatic nitrogens is 2. The fourth-order valence-corrected chi connectivity index (χ4v) is 1.78. The molecule has 80 valence electrons. The van der Waals surface area contributed by atoms with Crippen LogP contribution in [0, 0.1) is 0 Å². The maximum Gasteiger partial charge on any atom is 0.0925 e. The monoisotopic (exact) mass is 203 g/mol. The van der Waals surface area contributed by atoms with Gasteiger partial charge in [0.15, 0.2) is 0 Å². The van der Waals surface area contributed by atoms with Crippen LogP contribution in [0.25, 0.3) is 10.9 Å². The van der Waals surface area contributed by atoms with Gasteiger partial charge in [0.2, 0.25) is 0 Å². The van der Waals surface area contributed by atoms with E-state index in [0.717, 1.165) is 18.5 Å². The van der Waals surface area contributed by atoms with Gasteiger partial charge in [0.25, 0.3) is 0 Å². The smallest absolute Gasteiger partial charge is 0.0925 e. The molecular formula is C12H17N3. The molecular weight excluding hydrogens is 186 g/mol. The average molecular weight is 203 g/mol. The molecule has 2 rings (SSSR count). The van der Waals surface area contributed by atoms with E-state index in [2.05, 4.69) is 48.5 Å². The molecule has 0 aliphatic carbocycles. The van der Waals surface area contributed by atoms with Crippen LogP contribution in [-0.2, 0) is 13.5 Å². The van der Waals surface area contributed by atoms with Crippen molar-refractivity contribution in [3.05, 3.63) is 30.0 Å². The molecule has 0 spiro atoms. The van der Waals surface area contributed by atoms with E-state index in [9.17, 15) is 0 Å². The Morgan fingerprint density at radius 3 is 2.87 bits per heavy atom. The number of likely N-dealkylation sites (N-methyl/N-ethyl adjacent to an activating group) is 1. The van der Waals surface area contributed by atoms with Crippen molar-refractivity contribution in [2.45, 2.75) is 6.42 Å². The standard InChI is InChI=1S/C12H17N3/c1-14(2)8-7-10-5-4-6-12-11(10)9-15(3)13-12/h4-6,9H,7-8H2,1-3H3. The normalized spacial score (nSPS) is 11.5. The lowest BCUT2D eigenvalue weighted by atomic mass is 10.1. The number of nitrogens with zero attached hydrogens (tertiary/aromatic N) is 3. The first kappa shape index (κ1) is 10.2. The van der Waals surface area contributed by atoms with Crippen LogP contribution in [0.5, 0.6) is 0 Å². The molecule has 0 saturated carbocycles. The van der Waals surface area contributed by atoms with E-state index >= 15 is 0 Å². The Kier molecular flexibility index (Phi) is 2.73. The van der Waals surface area contributed by atoms with Crippen molar-refractivity contribution in [3.63, 3.8) is 0 Å². The topological polar surface area (TPSA) is 21.1 Å². The zero-order valence-electron chi connectivity index (χ0n) is 9.57. The summed E-state index contributed by atoms with van der Waals surface area (Å²) >= 11 is 0. The van der Waals surface area contributed by atoms with Crippen LogP contribution in [0.2, 0.25) is 0 Å². The lowest BCUT2D eigenvalue weighted by Gasteiger charge is -2.09. The molecule has 1 heterocycles. The van der Waals surface area contributed by atoms with Gasteiger partial charge in [-0.1, -0.05) is 12.1 Å². The van der Waals surface area contributed by atoms with E-state index in [1.165, 1.54) is 10.9 Å². The van der Waals surface area contributed by atoms with Crippen LogP contribution < -0.4 is 0 Å². The molecule has 3 nitrogen and oxygen atoms in total. The van der Waals surface area contributed by atoms with Crippen LogP contribution in [-0.4, -0.2) is 35.3 Å². The Labute approximate surface area is 90.3 Å². The third-order valence-electron chi connectivity index (χ3n) is 2.58. The van der Waals surface area contributed by atoms with Crippen molar-refractivity contribution in [1.29, 1.82) is 0 Å². The van der Waals surface area contributed by atoms with Gasteiger partial charge >= 0.3 is 0 Å². The quantitative estimate of drug-likeness (QED) is 0.756. The zero-order chi connectivity index (χ0) is 10.8. The molecule has 1 aromatic carbocycles. The van der Waals surface area contributed by atoms with Crippen molar-refractivity contribution in [1.82, 2.24) is 14.7 Å². The summed E-state index contributed by atoms with van der Waals surface area (Å²) in [6.45, 7) is 1.08. The van der Waals surface area contributed by atoms with Crippen molar-refractivity contribution in [2.75, 3.05) is 20.6 Å². The van der Waals surface area contributed by atoms with Gasteiger partial charge in [0.05, 0.1) is 5.52 Å². The minimum absolute atomic E-state index is 1.08. The highest BCUT2D eigenvalue weighted by molar-refractivity contribution is 5.81. The Morgan fingerprint density at radius 1 is 1.33 bits per heavy atom. The molecule has 0 aliphatic rings. The molecule has 0 saturated heterocycles. The summed E-state index contributed by atoms with van der Waals surface area (Å²) < 4.78 is 1.88. The highest BCUT2D eigenvalue weighted by Gasteiger charge is 2.04. The second-order valence-corrected chi connectivity index (χ2v) is 4.21.